The molecular formula is C33H27FN4O3. The van der Waals surface area contributed by atoms with Crippen LogP contribution in [-0.2, 0) is 9.59 Å². The molecular weight excluding hydrogens is 519 g/mol. The zero-order chi connectivity index (χ0) is 28.6. The summed E-state index contributed by atoms with van der Waals surface area (Å²) in [5.74, 6) is 0.0847. The predicted octanol–water partition coefficient (Wildman–Crippen LogP) is 7.20. The number of fused-ring (bicyclic) bond motifs is 1. The van der Waals surface area contributed by atoms with Crippen LogP contribution in [0.1, 0.15) is 24.2 Å². The number of halogens is 1. The van der Waals surface area contributed by atoms with Crippen LogP contribution < -0.4 is 15.4 Å². The molecule has 0 radical (unpaired) electrons. The van der Waals surface area contributed by atoms with Gasteiger partial charge in [-0.2, -0.15) is 0 Å². The number of nitrogens with one attached hydrogen (secondary N) is 2. The number of anilines is 2. The molecule has 2 amide bonds. The molecule has 0 unspecified atom stereocenters. The van der Waals surface area contributed by atoms with Crippen molar-refractivity contribution in [2.24, 2.45) is 5.41 Å². The Morgan fingerprint density at radius 3 is 2.00 bits per heavy atom. The molecule has 204 valence electrons. The van der Waals surface area contributed by atoms with Gasteiger partial charge in [0.25, 0.3) is 0 Å². The maximum atomic E-state index is 13.2. The molecule has 7 nitrogen and oxygen atoms in total. The molecule has 41 heavy (non-hydrogen) atoms. The first-order chi connectivity index (χ1) is 19.8. The van der Waals surface area contributed by atoms with Crippen LogP contribution in [0, 0.1) is 25.1 Å². The number of rotatable bonds is 7. The Balaban J connectivity index is 1.14. The Morgan fingerprint density at radius 2 is 1.39 bits per heavy atom. The lowest BCUT2D eigenvalue weighted by molar-refractivity contribution is -0.131. The minimum atomic E-state index is -1.13. The van der Waals surface area contributed by atoms with Crippen LogP contribution in [0.3, 0.4) is 0 Å². The van der Waals surface area contributed by atoms with Crippen LogP contribution in [0.4, 0.5) is 15.8 Å². The fourth-order valence-corrected chi connectivity index (χ4v) is 4.84. The maximum absolute atomic E-state index is 13.2. The number of pyridine rings is 2. The van der Waals surface area contributed by atoms with Crippen molar-refractivity contribution >= 4 is 34.1 Å². The lowest BCUT2D eigenvalue weighted by atomic mass is 10.0. The molecule has 1 saturated carbocycles. The van der Waals surface area contributed by atoms with Crippen molar-refractivity contribution in [1.82, 2.24) is 9.97 Å². The number of carbonyl (C=O) groups excluding carboxylic acids is 2. The van der Waals surface area contributed by atoms with E-state index in [2.05, 4.69) is 32.7 Å². The largest absolute Gasteiger partial charge is 0.457 e. The van der Waals surface area contributed by atoms with Gasteiger partial charge in [0, 0.05) is 34.3 Å². The number of hydrogen-bond acceptors (Lipinski definition) is 5. The van der Waals surface area contributed by atoms with Gasteiger partial charge in [-0.15, -0.1) is 0 Å². The summed E-state index contributed by atoms with van der Waals surface area (Å²) in [6.07, 6.45) is 2.61. The van der Waals surface area contributed by atoms with Crippen LogP contribution in [0.15, 0.2) is 91.1 Å². The molecule has 1 aliphatic rings. The third-order valence-electron chi connectivity index (χ3n) is 7.18. The van der Waals surface area contributed by atoms with E-state index in [1.807, 2.05) is 38.1 Å². The number of aryl methyl sites for hydroxylation is 2. The van der Waals surface area contributed by atoms with Crippen molar-refractivity contribution in [3.05, 3.63) is 108 Å². The normalized spacial score (nSPS) is 13.4. The smallest absolute Gasteiger partial charge is 0.240 e. The Morgan fingerprint density at radius 1 is 0.780 bits per heavy atom. The molecule has 2 aromatic heterocycles. The number of nitrogens with zero attached hydrogens (tertiary/aromatic N) is 2. The summed E-state index contributed by atoms with van der Waals surface area (Å²) < 4.78 is 19.3. The van der Waals surface area contributed by atoms with Gasteiger partial charge in [-0.3, -0.25) is 19.6 Å². The van der Waals surface area contributed by atoms with Crippen molar-refractivity contribution in [1.29, 1.82) is 0 Å². The van der Waals surface area contributed by atoms with Gasteiger partial charge in [0.15, 0.2) is 0 Å². The zero-order valence-corrected chi connectivity index (χ0v) is 22.6. The minimum absolute atomic E-state index is 0.374. The second-order valence-corrected chi connectivity index (χ2v) is 10.3. The van der Waals surface area contributed by atoms with E-state index in [1.54, 1.807) is 30.5 Å². The third-order valence-corrected chi connectivity index (χ3v) is 7.18. The molecule has 3 aromatic carbocycles. The van der Waals surface area contributed by atoms with Crippen LogP contribution in [0.2, 0.25) is 0 Å². The number of carbonyl (C=O) groups is 2. The van der Waals surface area contributed by atoms with Gasteiger partial charge in [-0.05, 0) is 117 Å². The molecule has 0 atom stereocenters. The first-order valence-corrected chi connectivity index (χ1v) is 13.3. The van der Waals surface area contributed by atoms with Crippen molar-refractivity contribution in [2.75, 3.05) is 10.6 Å². The standard InChI is InChI=1S/C33H27FN4O3/c1-20-17-23(18-21(2)36-20)22-3-12-28-29(19-22)35-16-13-30(28)41-27-10-8-26(9-11-27)38-32(40)33(14-15-33)31(39)37-25-6-4-24(34)5-7-25/h3-13,16-19H,14-15H2,1-2H3,(H,37,39)(H,38,40). The van der Waals surface area contributed by atoms with E-state index in [4.69, 9.17) is 4.74 Å². The van der Waals surface area contributed by atoms with Gasteiger partial charge in [-0.1, -0.05) is 6.07 Å². The number of hydrogen-bond donors (Lipinski definition) is 2. The Labute approximate surface area is 236 Å². The van der Waals surface area contributed by atoms with Gasteiger partial charge < -0.3 is 15.4 Å². The second-order valence-electron chi connectivity index (χ2n) is 10.3. The fourth-order valence-electron chi connectivity index (χ4n) is 4.84. The maximum Gasteiger partial charge on any atom is 0.240 e. The molecule has 6 rings (SSSR count). The van der Waals surface area contributed by atoms with E-state index < -0.39 is 17.1 Å². The summed E-state index contributed by atoms with van der Waals surface area (Å²) in [6.45, 7) is 3.96. The lowest BCUT2D eigenvalue weighted by Crippen LogP contribution is -2.35. The zero-order valence-electron chi connectivity index (χ0n) is 22.6. The summed E-state index contributed by atoms with van der Waals surface area (Å²) in [5, 5.41) is 6.43. The first kappa shape index (κ1) is 26.1. The average Bonchev–Trinajstić information content (AvgIpc) is 3.77. The van der Waals surface area contributed by atoms with E-state index in [9.17, 15) is 14.0 Å². The van der Waals surface area contributed by atoms with Crippen molar-refractivity contribution in [2.45, 2.75) is 26.7 Å². The van der Waals surface area contributed by atoms with Gasteiger partial charge in [0.05, 0.1) is 5.52 Å². The molecule has 0 spiro atoms. The van der Waals surface area contributed by atoms with Gasteiger partial charge in [0.2, 0.25) is 11.8 Å². The van der Waals surface area contributed by atoms with Crippen LogP contribution >= 0.6 is 0 Å². The third kappa shape index (κ3) is 5.49. The summed E-state index contributed by atoms with van der Waals surface area (Å²) >= 11 is 0. The van der Waals surface area contributed by atoms with Crippen molar-refractivity contribution in [3.8, 4) is 22.6 Å². The molecule has 1 fully saturated rings. The van der Waals surface area contributed by atoms with E-state index in [1.165, 1.54) is 24.3 Å². The predicted molar refractivity (Wildman–Crippen MR) is 156 cm³/mol. The highest BCUT2D eigenvalue weighted by Gasteiger charge is 2.56. The van der Waals surface area contributed by atoms with Crippen molar-refractivity contribution < 1.29 is 18.7 Å². The van der Waals surface area contributed by atoms with Crippen LogP contribution in [-0.4, -0.2) is 21.8 Å². The number of aromatic nitrogens is 2. The summed E-state index contributed by atoms with van der Waals surface area (Å²) in [6, 6.07) is 24.4. The molecule has 5 aromatic rings. The highest BCUT2D eigenvalue weighted by atomic mass is 19.1. The first-order valence-electron chi connectivity index (χ1n) is 13.3. The number of ether oxygens (including phenoxy) is 1. The minimum Gasteiger partial charge on any atom is -0.457 e. The fraction of sp³-hybridized carbons (Fsp3) is 0.152. The van der Waals surface area contributed by atoms with E-state index in [0.29, 0.717) is 35.7 Å². The quantitative estimate of drug-likeness (QED) is 0.211. The Kier molecular flexibility index (Phi) is 6.67. The van der Waals surface area contributed by atoms with Crippen LogP contribution in [0.5, 0.6) is 11.5 Å². The molecule has 8 heteroatoms. The monoisotopic (exact) mass is 546 g/mol. The van der Waals surface area contributed by atoms with E-state index in [0.717, 1.165) is 33.4 Å². The van der Waals surface area contributed by atoms with Crippen LogP contribution in [0.25, 0.3) is 22.0 Å². The Hall–Kier alpha value is -5.11. The molecule has 1 aliphatic carbocycles. The second kappa shape index (κ2) is 10.5. The van der Waals surface area contributed by atoms with Gasteiger partial charge >= 0.3 is 0 Å². The van der Waals surface area contributed by atoms with Gasteiger partial charge in [-0.25, -0.2) is 4.39 Å². The highest BCUT2D eigenvalue weighted by molar-refractivity contribution is 6.16. The molecule has 0 aliphatic heterocycles. The number of benzene rings is 3. The number of amides is 2. The molecule has 0 saturated heterocycles. The SMILES string of the molecule is Cc1cc(-c2ccc3c(Oc4ccc(NC(=O)C5(C(=O)Nc6ccc(F)cc6)CC5)cc4)ccnc3c2)cc(C)n1. The average molecular weight is 547 g/mol. The topological polar surface area (TPSA) is 93.2 Å². The summed E-state index contributed by atoms with van der Waals surface area (Å²) in [5.41, 5.74) is 4.74. The van der Waals surface area contributed by atoms with Gasteiger partial charge in [0.1, 0.15) is 22.7 Å². The summed E-state index contributed by atoms with van der Waals surface area (Å²) in [4.78, 5) is 34.8. The molecule has 2 heterocycles. The molecule has 0 bridgehead atoms. The van der Waals surface area contributed by atoms with E-state index in [-0.39, 0.29) is 5.91 Å². The molecule has 2 N–H and O–H groups in total. The van der Waals surface area contributed by atoms with Crippen molar-refractivity contribution in [3.63, 3.8) is 0 Å². The summed E-state index contributed by atoms with van der Waals surface area (Å²) in [7, 11) is 0. The Bertz CT molecular complexity index is 1760. The van der Waals surface area contributed by atoms with E-state index >= 15 is 0 Å². The highest BCUT2D eigenvalue weighted by Crippen LogP contribution is 2.47. The lowest BCUT2D eigenvalue weighted by Gasteiger charge is -2.16.